The summed E-state index contributed by atoms with van der Waals surface area (Å²) in [5.74, 6) is 0.748. The van der Waals surface area contributed by atoms with E-state index < -0.39 is 0 Å². The Hall–Kier alpha value is -1.68. The van der Waals surface area contributed by atoms with Crippen molar-refractivity contribution in [2.45, 2.75) is 13.1 Å². The fourth-order valence-electron chi connectivity index (χ4n) is 2.08. The summed E-state index contributed by atoms with van der Waals surface area (Å²) < 4.78 is 0. The van der Waals surface area contributed by atoms with Crippen molar-refractivity contribution in [1.29, 1.82) is 0 Å². The number of nitrogens with zero attached hydrogens (tertiary/aromatic N) is 3. The van der Waals surface area contributed by atoms with Gasteiger partial charge in [0.05, 0.1) is 4.92 Å². The summed E-state index contributed by atoms with van der Waals surface area (Å²) in [4.78, 5) is 16.7. The molecule has 2 rings (SSSR count). The average Bonchev–Trinajstić information content (AvgIpc) is 3.01. The maximum absolute atomic E-state index is 10.8. The highest BCUT2D eigenvalue weighted by atomic mass is 127. The number of nitrogens with one attached hydrogen (secondary N) is 1. The maximum atomic E-state index is 10.8. The third-order valence-corrected chi connectivity index (χ3v) is 3.88. The molecular formula is C15H19IN4O2S. The largest absolute Gasteiger partial charge is 0.352 e. The van der Waals surface area contributed by atoms with Crippen LogP contribution < -0.4 is 5.32 Å². The fourth-order valence-corrected chi connectivity index (χ4v) is 2.74. The fraction of sp³-hybridized carbons (Fsp3) is 0.267. The lowest BCUT2D eigenvalue weighted by Gasteiger charge is -2.21. The highest BCUT2D eigenvalue weighted by Crippen LogP contribution is 2.13. The highest BCUT2D eigenvalue weighted by molar-refractivity contribution is 14.0. The molecule has 0 spiro atoms. The van der Waals surface area contributed by atoms with E-state index in [1.807, 2.05) is 23.4 Å². The van der Waals surface area contributed by atoms with Gasteiger partial charge in [-0.15, -0.1) is 24.0 Å². The van der Waals surface area contributed by atoms with Gasteiger partial charge in [-0.05, 0) is 28.0 Å². The van der Waals surface area contributed by atoms with Crippen LogP contribution in [0.1, 0.15) is 11.1 Å². The first kappa shape index (κ1) is 19.4. The summed E-state index contributed by atoms with van der Waals surface area (Å²) in [5.41, 5.74) is 2.17. The maximum Gasteiger partial charge on any atom is 0.269 e. The van der Waals surface area contributed by atoms with Crippen molar-refractivity contribution >= 4 is 47.0 Å². The standard InChI is InChI=1S/C15H18N4O2S.HI/c1-16-15(18(2)10-13-6-7-22-11-13)17-9-12-4-3-5-14(8-12)19(20)21;/h3-8,11H,9-10H2,1-2H3,(H,16,17);1H. The molecule has 0 aliphatic rings. The Labute approximate surface area is 156 Å². The topological polar surface area (TPSA) is 70.8 Å². The van der Waals surface area contributed by atoms with Crippen molar-refractivity contribution in [2.75, 3.05) is 14.1 Å². The van der Waals surface area contributed by atoms with Crippen molar-refractivity contribution < 1.29 is 4.92 Å². The Morgan fingerprint density at radius 2 is 2.17 bits per heavy atom. The Morgan fingerprint density at radius 3 is 2.78 bits per heavy atom. The van der Waals surface area contributed by atoms with Gasteiger partial charge >= 0.3 is 0 Å². The molecule has 0 fully saturated rings. The van der Waals surface area contributed by atoms with Crippen LogP contribution in [0.5, 0.6) is 0 Å². The van der Waals surface area contributed by atoms with Crippen LogP contribution in [0, 0.1) is 10.1 Å². The molecule has 0 saturated heterocycles. The van der Waals surface area contributed by atoms with E-state index in [1.54, 1.807) is 30.5 Å². The van der Waals surface area contributed by atoms with E-state index in [0.717, 1.165) is 18.1 Å². The molecule has 0 bridgehead atoms. The second-order valence-corrected chi connectivity index (χ2v) is 5.60. The quantitative estimate of drug-likeness (QED) is 0.251. The molecule has 1 N–H and O–H groups in total. The molecule has 0 atom stereocenters. The first-order chi connectivity index (χ1) is 10.6. The van der Waals surface area contributed by atoms with Crippen LogP contribution in [0.2, 0.25) is 0 Å². The van der Waals surface area contributed by atoms with Gasteiger partial charge in [-0.2, -0.15) is 11.3 Å². The van der Waals surface area contributed by atoms with Gasteiger partial charge in [0.1, 0.15) is 0 Å². The van der Waals surface area contributed by atoms with Crippen LogP contribution in [-0.2, 0) is 13.1 Å². The van der Waals surface area contributed by atoms with Crippen LogP contribution in [0.3, 0.4) is 0 Å². The van der Waals surface area contributed by atoms with Gasteiger partial charge in [0, 0.05) is 39.3 Å². The van der Waals surface area contributed by atoms with E-state index in [2.05, 4.69) is 21.8 Å². The molecule has 0 aliphatic carbocycles. The molecular weight excluding hydrogens is 427 g/mol. The predicted octanol–water partition coefficient (Wildman–Crippen LogP) is 3.48. The molecule has 0 radical (unpaired) electrons. The number of hydrogen-bond acceptors (Lipinski definition) is 4. The number of nitro groups is 1. The zero-order valence-corrected chi connectivity index (χ0v) is 16.1. The number of nitro benzene ring substituents is 1. The van der Waals surface area contributed by atoms with Gasteiger partial charge in [0.25, 0.3) is 5.69 Å². The van der Waals surface area contributed by atoms with Gasteiger partial charge in [-0.1, -0.05) is 12.1 Å². The van der Waals surface area contributed by atoms with Gasteiger partial charge < -0.3 is 10.2 Å². The molecule has 1 heterocycles. The minimum atomic E-state index is -0.388. The summed E-state index contributed by atoms with van der Waals surface area (Å²) >= 11 is 1.66. The monoisotopic (exact) mass is 446 g/mol. The van der Waals surface area contributed by atoms with Crippen molar-refractivity contribution in [1.82, 2.24) is 10.2 Å². The van der Waals surface area contributed by atoms with Crippen LogP contribution >= 0.6 is 35.3 Å². The molecule has 0 unspecified atom stereocenters. The summed E-state index contributed by atoms with van der Waals surface area (Å²) in [6.07, 6.45) is 0. The molecule has 0 saturated carbocycles. The zero-order valence-electron chi connectivity index (χ0n) is 12.9. The number of thiophene rings is 1. The number of guanidine groups is 1. The molecule has 1 aromatic heterocycles. The van der Waals surface area contributed by atoms with Gasteiger partial charge in [-0.3, -0.25) is 15.1 Å². The smallest absolute Gasteiger partial charge is 0.269 e. The Kier molecular flexibility index (Phi) is 7.96. The van der Waals surface area contributed by atoms with Gasteiger partial charge in [-0.25, -0.2) is 0 Å². The number of non-ortho nitro benzene ring substituents is 1. The van der Waals surface area contributed by atoms with Crippen LogP contribution in [0.4, 0.5) is 5.69 Å². The number of halogens is 1. The third-order valence-electron chi connectivity index (χ3n) is 3.15. The molecule has 23 heavy (non-hydrogen) atoms. The van der Waals surface area contributed by atoms with Crippen molar-refractivity contribution in [3.8, 4) is 0 Å². The van der Waals surface area contributed by atoms with Gasteiger partial charge in [0.15, 0.2) is 5.96 Å². The minimum absolute atomic E-state index is 0. The Bertz CT molecular complexity index is 661. The number of rotatable bonds is 5. The molecule has 1 aromatic carbocycles. The Balaban J connectivity index is 0.00000264. The highest BCUT2D eigenvalue weighted by Gasteiger charge is 2.09. The van der Waals surface area contributed by atoms with E-state index in [-0.39, 0.29) is 34.6 Å². The summed E-state index contributed by atoms with van der Waals surface area (Å²) in [6.45, 7) is 1.25. The van der Waals surface area contributed by atoms with Gasteiger partial charge in [0.2, 0.25) is 0 Å². The van der Waals surface area contributed by atoms with Crippen LogP contribution in [-0.4, -0.2) is 29.9 Å². The first-order valence-electron chi connectivity index (χ1n) is 6.76. The van der Waals surface area contributed by atoms with Crippen LogP contribution in [0.25, 0.3) is 0 Å². The first-order valence-corrected chi connectivity index (χ1v) is 7.70. The summed E-state index contributed by atoms with van der Waals surface area (Å²) in [5, 5.41) is 18.2. The van der Waals surface area contributed by atoms with Crippen molar-refractivity contribution in [3.63, 3.8) is 0 Å². The summed E-state index contributed by atoms with van der Waals surface area (Å²) in [6, 6.07) is 8.67. The molecule has 124 valence electrons. The van der Waals surface area contributed by atoms with Crippen molar-refractivity contribution in [2.24, 2.45) is 4.99 Å². The van der Waals surface area contributed by atoms with E-state index >= 15 is 0 Å². The normalized spacial score (nSPS) is 10.8. The number of hydrogen-bond donors (Lipinski definition) is 1. The zero-order chi connectivity index (χ0) is 15.9. The van der Waals surface area contributed by atoms with E-state index in [0.29, 0.717) is 6.54 Å². The summed E-state index contributed by atoms with van der Waals surface area (Å²) in [7, 11) is 3.68. The molecule has 0 aliphatic heterocycles. The third kappa shape index (κ3) is 5.79. The molecule has 6 nitrogen and oxygen atoms in total. The second-order valence-electron chi connectivity index (χ2n) is 4.82. The SMILES string of the molecule is CN=C(NCc1cccc([N+](=O)[O-])c1)N(C)Cc1ccsc1.I. The predicted molar refractivity (Wildman–Crippen MR) is 104 cm³/mol. The molecule has 2 aromatic rings. The lowest BCUT2D eigenvalue weighted by molar-refractivity contribution is -0.384. The van der Waals surface area contributed by atoms with Crippen molar-refractivity contribution in [3.05, 3.63) is 62.3 Å². The van der Waals surface area contributed by atoms with E-state index in [9.17, 15) is 10.1 Å². The molecule has 8 heteroatoms. The lowest BCUT2D eigenvalue weighted by atomic mass is 10.2. The van der Waals surface area contributed by atoms with E-state index in [1.165, 1.54) is 11.6 Å². The molecule has 0 amide bonds. The van der Waals surface area contributed by atoms with Crippen LogP contribution in [0.15, 0.2) is 46.1 Å². The minimum Gasteiger partial charge on any atom is -0.352 e. The average molecular weight is 446 g/mol. The second kappa shape index (κ2) is 9.46. The lowest BCUT2D eigenvalue weighted by Crippen LogP contribution is -2.37. The Morgan fingerprint density at radius 1 is 1.39 bits per heavy atom. The number of aliphatic imine (C=N–C) groups is 1. The van der Waals surface area contributed by atoms with E-state index in [4.69, 9.17) is 0 Å². The number of benzene rings is 1.